The second kappa shape index (κ2) is 61.7. The maximum absolute atomic E-state index is 13.5. The molecular formula is C72H130N2O8S5. The number of carboxylic acids is 2. The van der Waals surface area contributed by atoms with E-state index in [1.165, 1.54) is 218 Å². The lowest BCUT2D eigenvalue weighted by Crippen LogP contribution is -2.42. The molecule has 0 spiro atoms. The lowest BCUT2D eigenvalue weighted by Gasteiger charge is -2.36. The van der Waals surface area contributed by atoms with Gasteiger partial charge in [0, 0.05) is 28.4 Å². The first-order valence-electron chi connectivity index (χ1n) is 35.8. The molecule has 2 aromatic rings. The minimum Gasteiger partial charge on any atom is -0.481 e. The third-order valence-electron chi connectivity index (χ3n) is 16.7. The molecule has 0 aliphatic heterocycles. The highest BCUT2D eigenvalue weighted by Gasteiger charge is 2.42. The maximum atomic E-state index is 13.5. The highest BCUT2D eigenvalue weighted by Crippen LogP contribution is 2.38. The zero-order valence-corrected chi connectivity index (χ0v) is 60.1. The van der Waals surface area contributed by atoms with E-state index in [9.17, 15) is 29.4 Å². The highest BCUT2D eigenvalue weighted by molar-refractivity contribution is 7.99. The van der Waals surface area contributed by atoms with Crippen molar-refractivity contribution >= 4 is 94.2 Å². The van der Waals surface area contributed by atoms with Gasteiger partial charge in [-0.05, 0) is 85.9 Å². The summed E-state index contributed by atoms with van der Waals surface area (Å²) >= 11 is 11.7. The van der Waals surface area contributed by atoms with Crippen LogP contribution in [-0.2, 0) is 28.7 Å². The highest BCUT2D eigenvalue weighted by atomic mass is 32.2. The number of aromatic nitrogens is 2. The van der Waals surface area contributed by atoms with Crippen LogP contribution in [0.3, 0.4) is 0 Å². The first-order chi connectivity index (χ1) is 42.5. The molecule has 0 amide bonds. The number of carbonyl (C=O) groups is 4. The second-order valence-electron chi connectivity index (χ2n) is 25.0. The normalized spacial score (nSPS) is 12.3. The van der Waals surface area contributed by atoms with Crippen LogP contribution in [0, 0.1) is 22.0 Å². The summed E-state index contributed by atoms with van der Waals surface area (Å²) in [4.78, 5) is 59.4. The number of para-hydroxylation sites is 2. The quantitative estimate of drug-likeness (QED) is 0.0282. The number of H-pyrrole nitrogens is 2. The van der Waals surface area contributed by atoms with Gasteiger partial charge >= 0.3 is 23.9 Å². The zero-order valence-electron chi connectivity index (χ0n) is 56.0. The summed E-state index contributed by atoms with van der Waals surface area (Å²) in [5.74, 6) is 1.44. The number of aromatic amines is 2. The van der Waals surface area contributed by atoms with Crippen molar-refractivity contribution in [1.29, 1.82) is 0 Å². The molecule has 2 rings (SSSR count). The lowest BCUT2D eigenvalue weighted by atomic mass is 9.74. The van der Waals surface area contributed by atoms with E-state index >= 15 is 0 Å². The number of ether oxygens (including phenoxy) is 2. The molecule has 10 nitrogen and oxygen atoms in total. The average Bonchev–Trinajstić information content (AvgIpc) is 4.06. The van der Waals surface area contributed by atoms with E-state index in [1.807, 2.05) is 24.3 Å². The smallest absolute Gasteiger partial charge is 0.307 e. The van der Waals surface area contributed by atoms with Crippen LogP contribution in [0.25, 0.3) is 11.0 Å². The summed E-state index contributed by atoms with van der Waals surface area (Å²) in [6, 6.07) is 7.92. The fourth-order valence-electron chi connectivity index (χ4n) is 11.2. The number of carbonyl (C=O) groups excluding carboxylic acids is 2. The largest absolute Gasteiger partial charge is 0.481 e. The van der Waals surface area contributed by atoms with E-state index in [-0.39, 0.29) is 50.8 Å². The average molecular weight is 1310 g/mol. The van der Waals surface area contributed by atoms with Gasteiger partial charge in [0.1, 0.15) is 13.2 Å². The van der Waals surface area contributed by atoms with Crippen molar-refractivity contribution in [2.24, 2.45) is 17.3 Å². The summed E-state index contributed by atoms with van der Waals surface area (Å²) in [5, 5.41) is 21.5. The summed E-state index contributed by atoms with van der Waals surface area (Å²) < 4.78 is 12.8. The molecule has 0 bridgehead atoms. The predicted octanol–water partition coefficient (Wildman–Crippen LogP) is 22.9. The molecule has 0 aliphatic carbocycles. The molecule has 1 aromatic carbocycles. The Morgan fingerprint density at radius 1 is 0.402 bits per heavy atom. The molecule has 4 N–H and O–H groups in total. The van der Waals surface area contributed by atoms with Crippen LogP contribution >= 0.6 is 59.3 Å². The van der Waals surface area contributed by atoms with E-state index in [0.29, 0.717) is 27.8 Å². The lowest BCUT2D eigenvalue weighted by molar-refractivity contribution is -0.157. The molecule has 1 aromatic heterocycles. The van der Waals surface area contributed by atoms with Crippen LogP contribution in [0.5, 0.6) is 0 Å². The van der Waals surface area contributed by atoms with E-state index < -0.39 is 29.2 Å². The number of nitrogens with one attached hydrogen (secondary N) is 2. The topological polar surface area (TPSA) is 159 Å². The molecule has 2 atom stereocenters. The van der Waals surface area contributed by atoms with Crippen molar-refractivity contribution in [1.82, 2.24) is 9.97 Å². The number of hydrogen-bond donors (Lipinski definition) is 4. The first-order valence-corrected chi connectivity index (χ1v) is 40.8. The number of aliphatic carboxylic acids is 2. The Morgan fingerprint density at radius 3 is 0.920 bits per heavy atom. The number of benzene rings is 1. The van der Waals surface area contributed by atoms with Crippen LogP contribution in [0.4, 0.5) is 0 Å². The summed E-state index contributed by atoms with van der Waals surface area (Å²) in [6.45, 7) is 8.67. The van der Waals surface area contributed by atoms with Gasteiger partial charge in [-0.2, -0.15) is 47.0 Å². The molecule has 87 heavy (non-hydrogen) atoms. The Morgan fingerprint density at radius 2 is 0.655 bits per heavy atom. The molecule has 15 heteroatoms. The predicted molar refractivity (Wildman–Crippen MR) is 385 cm³/mol. The summed E-state index contributed by atoms with van der Waals surface area (Å²) in [6.07, 6.45) is 51.1. The van der Waals surface area contributed by atoms with Gasteiger partial charge in [-0.1, -0.05) is 271 Å². The first kappa shape index (κ1) is 83.2. The number of carboxylic acid groups (broad SMARTS) is 2. The third-order valence-corrected chi connectivity index (χ3v) is 21.4. The van der Waals surface area contributed by atoms with Gasteiger partial charge in [0.2, 0.25) is 0 Å². The number of imidazole rings is 1. The van der Waals surface area contributed by atoms with Crippen LogP contribution in [0.1, 0.15) is 310 Å². The molecular weight excluding hydrogens is 1180 g/mol. The Kier molecular flexibility index (Phi) is 59.0. The van der Waals surface area contributed by atoms with E-state index in [1.54, 1.807) is 47.0 Å². The Balaban J connectivity index is 0.00000337. The SMILES string of the molecule is CCCCCCCCCCCCSCCC(=O)OCC(COC(=O)CCSCCCCCCCCCCCC)(CC(CSCCCCCCCCCCCC)C(=O)O)CC(CSCCCCCCCCCCCC)C(=O)O.S=c1[nH]c2ccccc2[nH]1. The number of fused-ring (bicyclic) bond motifs is 1. The number of thioether (sulfide) groups is 4. The van der Waals surface area contributed by atoms with E-state index in [0.717, 1.165) is 72.6 Å². The number of hydrogen-bond acceptors (Lipinski definition) is 11. The van der Waals surface area contributed by atoms with Crippen LogP contribution in [0.15, 0.2) is 24.3 Å². The second-order valence-corrected chi connectivity index (χ2v) is 30.2. The van der Waals surface area contributed by atoms with Crippen molar-refractivity contribution < 1.29 is 38.9 Å². The number of unbranched alkanes of at least 4 members (excludes halogenated alkanes) is 36. The van der Waals surface area contributed by atoms with Crippen molar-refractivity contribution in [3.05, 3.63) is 29.0 Å². The molecule has 506 valence electrons. The van der Waals surface area contributed by atoms with Gasteiger partial charge in [0.25, 0.3) is 0 Å². The summed E-state index contributed by atoms with van der Waals surface area (Å²) in [5.41, 5.74) is 0.957. The van der Waals surface area contributed by atoms with Crippen LogP contribution in [0.2, 0.25) is 0 Å². The van der Waals surface area contributed by atoms with E-state index in [2.05, 4.69) is 37.7 Å². The standard InChI is InChI=1S/C65H124O8S4.C7H6N2S/c1-5-9-13-17-21-25-29-33-37-41-47-74-51-45-61(66)72-57-65(53-59(63(68)69)55-76-49-43-39-35-31-27-23-19-15-11-7-3,54-60(64(70)71)56-77-50-44-40-36-32-28-24-20-16-12-8-4)58-73-62(67)46-52-75-48-42-38-34-30-26-22-18-14-10-6-2;10-7-8-5-3-1-2-4-6(5)9-7/h59-60H,5-58H2,1-4H3,(H,68,69)(H,70,71);1-4H,(H2,8,9,10). The molecule has 1 heterocycles. The van der Waals surface area contributed by atoms with Gasteiger partial charge in [0.15, 0.2) is 4.77 Å². The molecule has 0 saturated carbocycles. The van der Waals surface area contributed by atoms with Crippen molar-refractivity contribution in [2.45, 2.75) is 310 Å². The zero-order chi connectivity index (χ0) is 63.4. The van der Waals surface area contributed by atoms with Crippen molar-refractivity contribution in [3.8, 4) is 0 Å². The van der Waals surface area contributed by atoms with Gasteiger partial charge in [-0.15, -0.1) is 0 Å². The van der Waals surface area contributed by atoms with Crippen molar-refractivity contribution in [2.75, 3.05) is 59.2 Å². The monoisotopic (exact) mass is 1310 g/mol. The Labute approximate surface area is 555 Å². The number of esters is 2. The Bertz CT molecular complexity index is 1820. The van der Waals surface area contributed by atoms with Crippen LogP contribution < -0.4 is 0 Å². The maximum Gasteiger partial charge on any atom is 0.307 e. The van der Waals surface area contributed by atoms with Crippen LogP contribution in [-0.4, -0.2) is 103 Å². The fourth-order valence-corrected chi connectivity index (χ4v) is 15.5. The van der Waals surface area contributed by atoms with Gasteiger partial charge in [0.05, 0.1) is 35.7 Å². The Hall–Kier alpha value is -1.81. The minimum atomic E-state index is -1.17. The molecule has 0 aliphatic rings. The molecule has 0 fully saturated rings. The molecule has 0 radical (unpaired) electrons. The molecule has 2 unspecified atom stereocenters. The summed E-state index contributed by atoms with van der Waals surface area (Å²) in [7, 11) is 0. The van der Waals surface area contributed by atoms with Gasteiger partial charge in [-0.3, -0.25) is 19.2 Å². The fraction of sp³-hybridized carbons (Fsp3) is 0.847. The van der Waals surface area contributed by atoms with Crippen molar-refractivity contribution in [3.63, 3.8) is 0 Å². The third kappa shape index (κ3) is 51.4. The van der Waals surface area contributed by atoms with Gasteiger partial charge in [-0.25, -0.2) is 0 Å². The molecule has 0 saturated heterocycles. The number of rotatable bonds is 64. The van der Waals surface area contributed by atoms with E-state index in [4.69, 9.17) is 21.7 Å². The minimum absolute atomic E-state index is 0.0712. The van der Waals surface area contributed by atoms with Gasteiger partial charge < -0.3 is 29.7 Å².